The fourth-order valence-corrected chi connectivity index (χ4v) is 10.9. The van der Waals surface area contributed by atoms with Gasteiger partial charge >= 0.3 is 0 Å². The molecule has 10 rings (SSSR count). The quantitative estimate of drug-likeness (QED) is 0.0799. The Labute approximate surface area is 373 Å². The minimum atomic E-state index is -0.586. The van der Waals surface area contributed by atoms with Crippen LogP contribution in [0.4, 0.5) is 0 Å². The Bertz CT molecular complexity index is 2480. The van der Waals surface area contributed by atoms with Crippen LogP contribution in [0.1, 0.15) is 56.6 Å². The molecule has 6 aromatic rings. The number of aliphatic hydroxyl groups is 2. The number of carbonyl (C=O) groups excluding carboxylic acids is 1. The van der Waals surface area contributed by atoms with Crippen LogP contribution in [0.5, 0.6) is 0 Å². The molecule has 4 aliphatic heterocycles. The number of aliphatic hydroxyl groups excluding tert-OH is 2. The summed E-state index contributed by atoms with van der Waals surface area (Å²) in [5.74, 6) is 0.0415. The second-order valence-electron chi connectivity index (χ2n) is 17.8. The van der Waals surface area contributed by atoms with Gasteiger partial charge in [-0.15, -0.1) is 0 Å². The molecule has 0 amide bonds. The Kier molecular flexibility index (Phi) is 11.8. The zero-order valence-corrected chi connectivity index (χ0v) is 37.1. The predicted octanol–water partition coefficient (Wildman–Crippen LogP) is 6.68. The first-order chi connectivity index (χ1) is 30.1. The molecule has 0 bridgehead atoms. The summed E-state index contributed by atoms with van der Waals surface area (Å²) in [5, 5.41) is 29.6. The molecular formula is C49H56Cl2N8O3. The van der Waals surface area contributed by atoms with Crippen molar-refractivity contribution in [1.29, 1.82) is 0 Å². The Balaban J connectivity index is 0.937. The second-order valence-corrected chi connectivity index (χ2v) is 18.6. The molecule has 2 fully saturated rings. The number of aryl methyl sites for hydroxylation is 2. The van der Waals surface area contributed by atoms with Crippen LogP contribution < -0.4 is 10.6 Å². The monoisotopic (exact) mass is 874 g/mol. The van der Waals surface area contributed by atoms with Crippen molar-refractivity contribution in [1.82, 2.24) is 40.2 Å². The van der Waals surface area contributed by atoms with Crippen LogP contribution in [0.15, 0.2) is 60.7 Å². The molecule has 6 heterocycles. The number of carbonyl (C=O) groups is 1. The van der Waals surface area contributed by atoms with E-state index in [1.165, 1.54) is 11.1 Å². The van der Waals surface area contributed by atoms with E-state index in [2.05, 4.69) is 101 Å². The first-order valence-corrected chi connectivity index (χ1v) is 22.9. The number of ketones is 1. The second kappa shape index (κ2) is 17.5. The van der Waals surface area contributed by atoms with Gasteiger partial charge in [0, 0.05) is 146 Å². The molecule has 13 heteroatoms. The molecule has 62 heavy (non-hydrogen) atoms. The van der Waals surface area contributed by atoms with Gasteiger partial charge in [-0.25, -0.2) is 0 Å². The molecule has 4 aliphatic rings. The average Bonchev–Trinajstić information content (AvgIpc) is 4.10. The summed E-state index contributed by atoms with van der Waals surface area (Å²) < 4.78 is 0. The predicted molar refractivity (Wildman–Crippen MR) is 249 cm³/mol. The lowest BCUT2D eigenvalue weighted by molar-refractivity contribution is -0.123. The van der Waals surface area contributed by atoms with Gasteiger partial charge in [-0.2, -0.15) is 0 Å². The molecule has 6 N–H and O–H groups in total. The SMILES string of the molecule is Cc1cc(-c2cc3cc(CN4CCN(CCO)CC4)ccc3[nH]2)c2c(c1Cl)CNC2C(=O)C1NCc2c(Cl)c(C)cc(-c3cc4cc(CN5CCN(CCO)CC5)ccc4[nH]3)c21. The van der Waals surface area contributed by atoms with E-state index in [0.717, 1.165) is 156 Å². The van der Waals surface area contributed by atoms with Gasteiger partial charge in [-0.05, 0) is 107 Å². The summed E-state index contributed by atoms with van der Waals surface area (Å²) in [4.78, 5) is 32.2. The minimum absolute atomic E-state index is 0.0415. The Morgan fingerprint density at radius 3 is 1.40 bits per heavy atom. The lowest BCUT2D eigenvalue weighted by Crippen LogP contribution is -2.46. The third kappa shape index (κ3) is 7.91. The molecule has 4 aromatic carbocycles. The van der Waals surface area contributed by atoms with Crippen molar-refractivity contribution in [2.45, 2.75) is 52.1 Å². The summed E-state index contributed by atoms with van der Waals surface area (Å²) in [7, 11) is 0. The number of nitrogens with zero attached hydrogens (tertiary/aromatic N) is 4. The van der Waals surface area contributed by atoms with Crippen molar-refractivity contribution in [3.63, 3.8) is 0 Å². The molecule has 2 atom stereocenters. The minimum Gasteiger partial charge on any atom is -0.395 e. The Hall–Kier alpha value is -4.11. The van der Waals surface area contributed by atoms with E-state index < -0.39 is 12.1 Å². The number of benzene rings is 4. The van der Waals surface area contributed by atoms with Gasteiger partial charge in [-0.1, -0.05) is 35.3 Å². The average molecular weight is 876 g/mol. The maximum atomic E-state index is 15.2. The Morgan fingerprint density at radius 2 is 1.00 bits per heavy atom. The number of hydrogen-bond donors (Lipinski definition) is 6. The van der Waals surface area contributed by atoms with Crippen LogP contribution >= 0.6 is 23.2 Å². The van der Waals surface area contributed by atoms with Crippen LogP contribution in [0.25, 0.3) is 44.3 Å². The summed E-state index contributed by atoms with van der Waals surface area (Å²) in [6.45, 7) is 16.5. The highest BCUT2D eigenvalue weighted by molar-refractivity contribution is 6.33. The number of hydrogen-bond acceptors (Lipinski definition) is 9. The van der Waals surface area contributed by atoms with Crippen LogP contribution in [0.3, 0.4) is 0 Å². The highest BCUT2D eigenvalue weighted by Crippen LogP contribution is 2.47. The number of halogens is 2. The number of nitrogens with one attached hydrogen (secondary N) is 4. The third-order valence-electron chi connectivity index (χ3n) is 13.8. The van der Waals surface area contributed by atoms with Gasteiger partial charge in [0.2, 0.25) is 0 Å². The van der Waals surface area contributed by atoms with Crippen molar-refractivity contribution in [3.8, 4) is 22.5 Å². The van der Waals surface area contributed by atoms with Crippen molar-refractivity contribution in [2.75, 3.05) is 78.7 Å². The number of rotatable bonds is 12. The fourth-order valence-electron chi connectivity index (χ4n) is 10.5. The molecule has 0 spiro atoms. The van der Waals surface area contributed by atoms with Gasteiger partial charge in [-0.3, -0.25) is 35.0 Å². The molecular weight excluding hydrogens is 819 g/mol. The van der Waals surface area contributed by atoms with Crippen LogP contribution in [0.2, 0.25) is 10.0 Å². The van der Waals surface area contributed by atoms with E-state index in [-0.39, 0.29) is 19.0 Å². The molecule has 0 radical (unpaired) electrons. The lowest BCUT2D eigenvalue weighted by Gasteiger charge is -2.34. The molecule has 11 nitrogen and oxygen atoms in total. The first-order valence-electron chi connectivity index (χ1n) is 22.1. The largest absolute Gasteiger partial charge is 0.395 e. The molecule has 324 valence electrons. The molecule has 2 saturated heterocycles. The Morgan fingerprint density at radius 1 is 0.597 bits per heavy atom. The van der Waals surface area contributed by atoms with Crippen molar-refractivity contribution in [2.24, 2.45) is 0 Å². The van der Waals surface area contributed by atoms with Gasteiger partial charge in [0.25, 0.3) is 0 Å². The summed E-state index contributed by atoms with van der Waals surface area (Å²) in [6, 6.07) is 20.8. The van der Waals surface area contributed by atoms with Gasteiger partial charge < -0.3 is 20.2 Å². The standard InChI is InChI=1S/C49H56Cl2N8O3/c1-29-19-35(41-23-33-21-31(3-5-39(33)54-41)27-58-11-7-56(8-12-58)15-17-60)43-37(45(29)50)25-52-47(43)49(62)48-44-36(20-30(2)46(51)38(44)26-53-48)42-24-34-22-32(4-6-40(34)55-42)28-59-13-9-57(10-14-59)16-18-61/h3-6,19-24,47-48,52-55,60-61H,7-18,25-28H2,1-2H3. The van der Waals surface area contributed by atoms with E-state index in [4.69, 9.17) is 23.2 Å². The number of piperazine rings is 2. The zero-order chi connectivity index (χ0) is 42.6. The van der Waals surface area contributed by atoms with E-state index in [1.807, 2.05) is 13.8 Å². The highest BCUT2D eigenvalue weighted by atomic mass is 35.5. The fraction of sp³-hybridized carbons (Fsp3) is 0.408. The molecule has 0 aliphatic carbocycles. The normalized spacial score (nSPS) is 20.2. The number of H-pyrrole nitrogens is 2. The van der Waals surface area contributed by atoms with E-state index in [0.29, 0.717) is 23.1 Å². The van der Waals surface area contributed by atoms with Crippen molar-refractivity contribution < 1.29 is 15.0 Å². The summed E-state index contributed by atoms with van der Waals surface area (Å²) >= 11 is 14.1. The maximum Gasteiger partial charge on any atom is 0.175 e. The number of aromatic amines is 2. The van der Waals surface area contributed by atoms with Gasteiger partial charge in [0.1, 0.15) is 0 Å². The molecule has 2 unspecified atom stereocenters. The van der Waals surface area contributed by atoms with Crippen LogP contribution in [0, 0.1) is 13.8 Å². The first kappa shape index (κ1) is 41.9. The number of aromatic nitrogens is 2. The van der Waals surface area contributed by atoms with Gasteiger partial charge in [0.15, 0.2) is 5.78 Å². The number of β-amino-alcohol motifs (C(OH)–C–C–N with tert-alkyl or cyclic N) is 2. The van der Waals surface area contributed by atoms with Gasteiger partial charge in [0.05, 0.1) is 25.3 Å². The topological polar surface area (TPSA) is 126 Å². The van der Waals surface area contributed by atoms with E-state index >= 15 is 4.79 Å². The van der Waals surface area contributed by atoms with Crippen LogP contribution in [-0.4, -0.2) is 124 Å². The number of fused-ring (bicyclic) bond motifs is 4. The molecule has 2 aromatic heterocycles. The van der Waals surface area contributed by atoms with E-state index in [9.17, 15) is 10.2 Å². The zero-order valence-electron chi connectivity index (χ0n) is 35.6. The molecule has 0 saturated carbocycles. The maximum absolute atomic E-state index is 15.2. The smallest absolute Gasteiger partial charge is 0.175 e. The lowest BCUT2D eigenvalue weighted by atomic mass is 9.86. The van der Waals surface area contributed by atoms with Crippen LogP contribution in [-0.2, 0) is 31.0 Å². The van der Waals surface area contributed by atoms with E-state index in [1.54, 1.807) is 0 Å². The number of Topliss-reactive ketones (excluding diaryl/α,β-unsaturated/α-hetero) is 1. The van der Waals surface area contributed by atoms with Crippen molar-refractivity contribution >= 4 is 50.8 Å². The highest BCUT2D eigenvalue weighted by Gasteiger charge is 2.41. The summed E-state index contributed by atoms with van der Waals surface area (Å²) in [6.07, 6.45) is 0. The van der Waals surface area contributed by atoms with Crippen molar-refractivity contribution in [3.05, 3.63) is 115 Å². The third-order valence-corrected chi connectivity index (χ3v) is 14.9. The summed E-state index contributed by atoms with van der Waals surface area (Å²) in [5.41, 5.74) is 14.3.